The first-order valence-electron chi connectivity index (χ1n) is 5.19. The summed E-state index contributed by atoms with van der Waals surface area (Å²) in [6, 6.07) is 6.59. The molecule has 0 radical (unpaired) electrons. The number of nitrogens with one attached hydrogen (secondary N) is 1. The van der Waals surface area contributed by atoms with Crippen LogP contribution in [-0.4, -0.2) is 39.5 Å². The van der Waals surface area contributed by atoms with Crippen LogP contribution < -0.4 is 10.1 Å². The zero-order valence-electron chi connectivity index (χ0n) is 9.85. The van der Waals surface area contributed by atoms with Crippen LogP contribution >= 0.6 is 11.6 Å². The highest BCUT2D eigenvalue weighted by Crippen LogP contribution is 2.15. The largest absolute Gasteiger partial charge is 0.484 e. The number of hydrogen-bond donors (Lipinski definition) is 1. The lowest BCUT2D eigenvalue weighted by Gasteiger charge is -2.07. The average molecular weight is 292 g/mol. The van der Waals surface area contributed by atoms with E-state index in [9.17, 15) is 13.2 Å². The van der Waals surface area contributed by atoms with Gasteiger partial charge in [0.05, 0.1) is 5.75 Å². The normalized spacial score (nSPS) is 11.0. The zero-order chi connectivity index (χ0) is 13.6. The Hall–Kier alpha value is -1.27. The summed E-state index contributed by atoms with van der Waals surface area (Å²) in [5.74, 6) is 0.0749. The lowest BCUT2D eigenvalue weighted by Crippen LogP contribution is -2.32. The van der Waals surface area contributed by atoms with Crippen molar-refractivity contribution in [2.24, 2.45) is 0 Å². The number of halogens is 1. The fraction of sp³-hybridized carbons (Fsp3) is 0.364. The van der Waals surface area contributed by atoms with Gasteiger partial charge in [0.1, 0.15) is 15.6 Å². The fourth-order valence-electron chi connectivity index (χ4n) is 1.11. The van der Waals surface area contributed by atoms with Gasteiger partial charge in [0.2, 0.25) is 0 Å². The maximum absolute atomic E-state index is 11.3. The van der Waals surface area contributed by atoms with E-state index in [-0.39, 0.29) is 24.8 Å². The molecular weight excluding hydrogens is 278 g/mol. The molecule has 0 saturated carbocycles. The summed E-state index contributed by atoms with van der Waals surface area (Å²) >= 11 is 5.69. The van der Waals surface area contributed by atoms with E-state index >= 15 is 0 Å². The van der Waals surface area contributed by atoms with E-state index in [2.05, 4.69) is 5.32 Å². The Morgan fingerprint density at radius 3 is 2.50 bits per heavy atom. The van der Waals surface area contributed by atoms with Crippen LogP contribution in [0.15, 0.2) is 24.3 Å². The minimum atomic E-state index is -3.06. The van der Waals surface area contributed by atoms with Gasteiger partial charge in [-0.2, -0.15) is 0 Å². The van der Waals surface area contributed by atoms with Crippen LogP contribution in [0.2, 0.25) is 5.02 Å². The lowest BCUT2D eigenvalue weighted by atomic mass is 10.3. The third-order valence-electron chi connectivity index (χ3n) is 1.98. The Kier molecular flexibility index (Phi) is 5.43. The molecule has 0 aliphatic carbocycles. The van der Waals surface area contributed by atoms with Crippen molar-refractivity contribution in [2.75, 3.05) is 25.2 Å². The van der Waals surface area contributed by atoms with Crippen LogP contribution in [0.25, 0.3) is 0 Å². The van der Waals surface area contributed by atoms with Crippen molar-refractivity contribution in [3.63, 3.8) is 0 Å². The van der Waals surface area contributed by atoms with Crippen molar-refractivity contribution >= 4 is 27.3 Å². The summed E-state index contributed by atoms with van der Waals surface area (Å²) < 4.78 is 26.8. The van der Waals surface area contributed by atoms with Crippen LogP contribution in [-0.2, 0) is 14.6 Å². The molecule has 0 atom stereocenters. The number of carbonyl (C=O) groups is 1. The van der Waals surface area contributed by atoms with Crippen LogP contribution in [0, 0.1) is 0 Å². The number of benzene rings is 1. The second-order valence-corrected chi connectivity index (χ2v) is 6.42. The second-order valence-electron chi connectivity index (χ2n) is 3.72. The Morgan fingerprint density at radius 2 is 1.94 bits per heavy atom. The van der Waals surface area contributed by atoms with Crippen LogP contribution in [0.3, 0.4) is 0 Å². The molecule has 1 rings (SSSR count). The minimum Gasteiger partial charge on any atom is -0.484 e. The zero-order valence-corrected chi connectivity index (χ0v) is 11.4. The first-order chi connectivity index (χ1) is 8.37. The lowest BCUT2D eigenvalue weighted by molar-refractivity contribution is -0.122. The van der Waals surface area contributed by atoms with Gasteiger partial charge in [-0.15, -0.1) is 0 Å². The molecule has 1 aromatic carbocycles. The Bertz CT molecular complexity index is 498. The van der Waals surface area contributed by atoms with Crippen LogP contribution in [0.5, 0.6) is 5.75 Å². The monoisotopic (exact) mass is 291 g/mol. The molecule has 0 aliphatic heterocycles. The van der Waals surface area contributed by atoms with Gasteiger partial charge in [0, 0.05) is 17.8 Å². The average Bonchev–Trinajstić information content (AvgIpc) is 2.26. The maximum Gasteiger partial charge on any atom is 0.257 e. The number of carbonyl (C=O) groups excluding carboxylic acids is 1. The smallest absolute Gasteiger partial charge is 0.257 e. The predicted octanol–water partition coefficient (Wildman–Crippen LogP) is 0.880. The van der Waals surface area contributed by atoms with E-state index in [4.69, 9.17) is 16.3 Å². The van der Waals surface area contributed by atoms with Crippen molar-refractivity contribution in [2.45, 2.75) is 0 Å². The van der Waals surface area contributed by atoms with E-state index < -0.39 is 9.84 Å². The van der Waals surface area contributed by atoms with E-state index in [0.29, 0.717) is 10.8 Å². The molecule has 100 valence electrons. The van der Waals surface area contributed by atoms with Crippen molar-refractivity contribution in [1.82, 2.24) is 5.32 Å². The molecule has 5 nitrogen and oxygen atoms in total. The highest BCUT2D eigenvalue weighted by molar-refractivity contribution is 7.90. The summed E-state index contributed by atoms with van der Waals surface area (Å²) in [7, 11) is -3.06. The quantitative estimate of drug-likeness (QED) is 0.844. The number of hydrogen-bond acceptors (Lipinski definition) is 4. The molecule has 1 aromatic rings. The molecule has 0 aromatic heterocycles. The maximum atomic E-state index is 11.3. The highest BCUT2D eigenvalue weighted by Gasteiger charge is 2.05. The van der Waals surface area contributed by atoms with Crippen LogP contribution in [0.4, 0.5) is 0 Å². The minimum absolute atomic E-state index is 0.0836. The van der Waals surface area contributed by atoms with Gasteiger partial charge in [-0.05, 0) is 24.3 Å². The third-order valence-corrected chi connectivity index (χ3v) is 3.18. The summed E-state index contributed by atoms with van der Waals surface area (Å²) in [5.41, 5.74) is 0. The highest BCUT2D eigenvalue weighted by atomic mass is 35.5. The van der Waals surface area contributed by atoms with Gasteiger partial charge in [-0.3, -0.25) is 4.79 Å². The van der Waals surface area contributed by atoms with E-state index in [1.807, 2.05) is 0 Å². The van der Waals surface area contributed by atoms with Crippen molar-refractivity contribution in [3.05, 3.63) is 29.3 Å². The number of ether oxygens (including phenoxy) is 1. The summed E-state index contributed by atoms with van der Waals surface area (Å²) in [4.78, 5) is 11.3. The molecular formula is C11H14ClNO4S. The molecule has 0 saturated heterocycles. The van der Waals surface area contributed by atoms with Gasteiger partial charge >= 0.3 is 0 Å². The van der Waals surface area contributed by atoms with Gasteiger partial charge in [-0.1, -0.05) is 11.6 Å². The van der Waals surface area contributed by atoms with Crippen molar-refractivity contribution in [3.8, 4) is 5.75 Å². The topological polar surface area (TPSA) is 72.5 Å². The van der Waals surface area contributed by atoms with Crippen molar-refractivity contribution in [1.29, 1.82) is 0 Å². The first-order valence-corrected chi connectivity index (χ1v) is 7.63. The standard InChI is InChI=1S/C11H14ClNO4S/c1-18(15,16)7-6-13-11(14)8-17-10-4-2-9(12)3-5-10/h2-5H,6-8H2,1H3,(H,13,14). The molecule has 0 spiro atoms. The third kappa shape index (κ3) is 6.46. The van der Waals surface area contributed by atoms with Gasteiger partial charge in [0.15, 0.2) is 6.61 Å². The Balaban J connectivity index is 2.27. The van der Waals surface area contributed by atoms with E-state index in [1.165, 1.54) is 0 Å². The Labute approximate surface area is 111 Å². The molecule has 1 amide bonds. The molecule has 0 aliphatic rings. The fourth-order valence-corrected chi connectivity index (χ4v) is 1.71. The van der Waals surface area contributed by atoms with Gasteiger partial charge < -0.3 is 10.1 Å². The Morgan fingerprint density at radius 1 is 1.33 bits per heavy atom. The molecule has 0 unspecified atom stereocenters. The SMILES string of the molecule is CS(=O)(=O)CCNC(=O)COc1ccc(Cl)cc1. The predicted molar refractivity (Wildman–Crippen MR) is 69.7 cm³/mol. The first kappa shape index (κ1) is 14.8. The van der Waals surface area contributed by atoms with Crippen molar-refractivity contribution < 1.29 is 17.9 Å². The molecule has 1 N–H and O–H groups in total. The van der Waals surface area contributed by atoms with E-state index in [1.54, 1.807) is 24.3 Å². The summed E-state index contributed by atoms with van der Waals surface area (Å²) in [6.45, 7) is -0.0764. The number of rotatable bonds is 6. The number of amides is 1. The molecule has 18 heavy (non-hydrogen) atoms. The number of sulfone groups is 1. The molecule has 0 bridgehead atoms. The molecule has 0 heterocycles. The summed E-state index contributed by atoms with van der Waals surface area (Å²) in [5, 5.41) is 3.03. The molecule has 7 heteroatoms. The van der Waals surface area contributed by atoms with Gasteiger partial charge in [0.25, 0.3) is 5.91 Å². The molecule has 0 fully saturated rings. The van der Waals surface area contributed by atoms with Gasteiger partial charge in [-0.25, -0.2) is 8.42 Å². The van der Waals surface area contributed by atoms with E-state index in [0.717, 1.165) is 6.26 Å². The van der Waals surface area contributed by atoms with Crippen LogP contribution in [0.1, 0.15) is 0 Å². The summed E-state index contributed by atoms with van der Waals surface area (Å²) in [6.07, 6.45) is 1.11. The second kappa shape index (κ2) is 6.61.